The highest BCUT2D eigenvalue weighted by atomic mass is 79.9. The predicted molar refractivity (Wildman–Crippen MR) is 81.7 cm³/mol. The van der Waals surface area contributed by atoms with Gasteiger partial charge in [0.2, 0.25) is 5.91 Å². The van der Waals surface area contributed by atoms with E-state index in [-0.39, 0.29) is 18.0 Å². The highest BCUT2D eigenvalue weighted by molar-refractivity contribution is 9.10. The van der Waals surface area contributed by atoms with Crippen LogP contribution in [0.3, 0.4) is 0 Å². The van der Waals surface area contributed by atoms with Gasteiger partial charge in [-0.2, -0.15) is 0 Å². The molecule has 2 N–H and O–H groups in total. The number of hydrogen-bond acceptors (Lipinski definition) is 3. The molecule has 5 heteroatoms. The molecule has 0 heterocycles. The molecular weight excluding hydrogens is 308 g/mol. The number of methoxy groups -OCH3 is 1. The summed E-state index contributed by atoms with van der Waals surface area (Å²) in [5.74, 6) is 0.736. The van der Waals surface area contributed by atoms with Gasteiger partial charge in [0.1, 0.15) is 11.8 Å². The zero-order valence-electron chi connectivity index (χ0n) is 11.8. The fourth-order valence-corrected chi connectivity index (χ4v) is 2.02. The summed E-state index contributed by atoms with van der Waals surface area (Å²) >= 11 is 3.41. The number of ether oxygens (including phenoxy) is 1. The summed E-state index contributed by atoms with van der Waals surface area (Å²) in [7, 11) is 1.62. The average molecular weight is 329 g/mol. The van der Waals surface area contributed by atoms with Gasteiger partial charge in [0, 0.05) is 22.3 Å². The molecule has 1 amide bonds. The molecule has 1 rings (SSSR count). The van der Waals surface area contributed by atoms with Crippen LogP contribution in [0.15, 0.2) is 22.7 Å². The van der Waals surface area contributed by atoms with Gasteiger partial charge in [-0.3, -0.25) is 4.79 Å². The summed E-state index contributed by atoms with van der Waals surface area (Å²) in [6, 6.07) is 5.53. The Morgan fingerprint density at radius 3 is 2.63 bits per heavy atom. The number of hydrogen-bond donors (Lipinski definition) is 2. The minimum absolute atomic E-state index is 0.00621. The van der Waals surface area contributed by atoms with Crippen molar-refractivity contribution in [2.45, 2.75) is 39.3 Å². The van der Waals surface area contributed by atoms with E-state index in [9.17, 15) is 4.79 Å². The SMILES string of the molecule is CCC(C)NC(=O)C(C)Nc1cc(Br)cc(OC)c1. The quantitative estimate of drug-likeness (QED) is 0.843. The second kappa shape index (κ2) is 7.38. The molecule has 0 radical (unpaired) electrons. The Bertz CT molecular complexity index is 437. The van der Waals surface area contributed by atoms with Crippen LogP contribution in [0.5, 0.6) is 5.75 Å². The lowest BCUT2D eigenvalue weighted by atomic mass is 10.2. The molecule has 0 saturated heterocycles. The van der Waals surface area contributed by atoms with Gasteiger partial charge in [0.15, 0.2) is 0 Å². The molecular formula is C14H21BrN2O2. The van der Waals surface area contributed by atoms with Crippen LogP contribution >= 0.6 is 15.9 Å². The fourth-order valence-electron chi connectivity index (χ4n) is 1.55. The summed E-state index contributed by atoms with van der Waals surface area (Å²) in [5, 5.41) is 6.11. The Morgan fingerprint density at radius 1 is 1.37 bits per heavy atom. The molecule has 2 atom stereocenters. The molecule has 0 fully saturated rings. The molecule has 1 aromatic rings. The van der Waals surface area contributed by atoms with Crippen molar-refractivity contribution in [2.24, 2.45) is 0 Å². The molecule has 0 spiro atoms. The fraction of sp³-hybridized carbons (Fsp3) is 0.500. The molecule has 0 aliphatic carbocycles. The van der Waals surface area contributed by atoms with E-state index >= 15 is 0 Å². The number of anilines is 1. The second-order valence-corrected chi connectivity index (χ2v) is 5.48. The van der Waals surface area contributed by atoms with E-state index < -0.39 is 0 Å². The van der Waals surface area contributed by atoms with E-state index in [1.165, 1.54) is 0 Å². The number of nitrogens with one attached hydrogen (secondary N) is 2. The van der Waals surface area contributed by atoms with Crippen LogP contribution in [0, 0.1) is 0 Å². The van der Waals surface area contributed by atoms with Crippen molar-refractivity contribution in [2.75, 3.05) is 12.4 Å². The maximum absolute atomic E-state index is 11.9. The first-order valence-corrected chi connectivity index (χ1v) is 7.17. The molecule has 2 unspecified atom stereocenters. The molecule has 0 aromatic heterocycles. The van der Waals surface area contributed by atoms with Crippen molar-refractivity contribution in [1.29, 1.82) is 0 Å². The lowest BCUT2D eigenvalue weighted by Crippen LogP contribution is -2.41. The average Bonchev–Trinajstić information content (AvgIpc) is 2.37. The summed E-state index contributed by atoms with van der Waals surface area (Å²) < 4.78 is 6.10. The molecule has 0 aliphatic rings. The van der Waals surface area contributed by atoms with Crippen molar-refractivity contribution in [3.63, 3.8) is 0 Å². The van der Waals surface area contributed by atoms with Gasteiger partial charge >= 0.3 is 0 Å². The summed E-state index contributed by atoms with van der Waals surface area (Å²) in [6.45, 7) is 5.88. The molecule has 0 aliphatic heterocycles. The molecule has 4 nitrogen and oxygen atoms in total. The van der Waals surface area contributed by atoms with Crippen molar-refractivity contribution in [3.8, 4) is 5.75 Å². The van der Waals surface area contributed by atoms with Gasteiger partial charge in [-0.25, -0.2) is 0 Å². The monoisotopic (exact) mass is 328 g/mol. The molecule has 0 bridgehead atoms. The van der Waals surface area contributed by atoms with Crippen molar-refractivity contribution >= 4 is 27.5 Å². The predicted octanol–water partition coefficient (Wildman–Crippen LogP) is 3.17. The van der Waals surface area contributed by atoms with Crippen LogP contribution in [0.1, 0.15) is 27.2 Å². The van der Waals surface area contributed by atoms with E-state index in [0.29, 0.717) is 0 Å². The third kappa shape index (κ3) is 5.11. The third-order valence-corrected chi connectivity index (χ3v) is 3.34. The van der Waals surface area contributed by atoms with E-state index in [1.807, 2.05) is 39.0 Å². The van der Waals surface area contributed by atoms with Crippen molar-refractivity contribution in [3.05, 3.63) is 22.7 Å². The normalized spacial score (nSPS) is 13.5. The first-order valence-electron chi connectivity index (χ1n) is 6.37. The van der Waals surface area contributed by atoms with E-state index in [4.69, 9.17) is 4.74 Å². The van der Waals surface area contributed by atoms with Gasteiger partial charge in [0.05, 0.1) is 7.11 Å². The van der Waals surface area contributed by atoms with Gasteiger partial charge in [-0.15, -0.1) is 0 Å². The van der Waals surface area contributed by atoms with Gasteiger partial charge in [0.25, 0.3) is 0 Å². The van der Waals surface area contributed by atoms with Crippen molar-refractivity contribution < 1.29 is 9.53 Å². The topological polar surface area (TPSA) is 50.4 Å². The Morgan fingerprint density at radius 2 is 2.05 bits per heavy atom. The van der Waals surface area contributed by atoms with Gasteiger partial charge in [-0.05, 0) is 32.4 Å². The Labute approximate surface area is 123 Å². The number of halogens is 1. The second-order valence-electron chi connectivity index (χ2n) is 4.56. The van der Waals surface area contributed by atoms with Crippen molar-refractivity contribution in [1.82, 2.24) is 5.32 Å². The largest absolute Gasteiger partial charge is 0.497 e. The minimum atomic E-state index is -0.298. The first-order chi connectivity index (χ1) is 8.96. The Hall–Kier alpha value is -1.23. The van der Waals surface area contributed by atoms with E-state index in [1.54, 1.807) is 7.11 Å². The van der Waals surface area contributed by atoms with E-state index in [0.717, 1.165) is 22.3 Å². The van der Waals surface area contributed by atoms with Crippen LogP contribution in [-0.4, -0.2) is 25.1 Å². The van der Waals surface area contributed by atoms with Crippen LogP contribution in [0.2, 0.25) is 0 Å². The molecule has 0 saturated carbocycles. The van der Waals surface area contributed by atoms with Crippen LogP contribution in [0.4, 0.5) is 5.69 Å². The standard InChI is InChI=1S/C14H21BrN2O2/c1-5-9(2)16-14(18)10(3)17-12-6-11(15)7-13(8-12)19-4/h6-10,17H,5H2,1-4H3,(H,16,18). The highest BCUT2D eigenvalue weighted by Gasteiger charge is 2.14. The number of carbonyl (C=O) groups is 1. The lowest BCUT2D eigenvalue weighted by molar-refractivity contribution is -0.122. The van der Waals surface area contributed by atoms with Gasteiger partial charge in [-0.1, -0.05) is 22.9 Å². The smallest absolute Gasteiger partial charge is 0.242 e. The summed E-state index contributed by atoms with van der Waals surface area (Å²) in [5.41, 5.74) is 0.845. The van der Waals surface area contributed by atoms with E-state index in [2.05, 4.69) is 26.6 Å². The lowest BCUT2D eigenvalue weighted by Gasteiger charge is -2.18. The molecule has 1 aromatic carbocycles. The van der Waals surface area contributed by atoms with Crippen LogP contribution < -0.4 is 15.4 Å². The Kier molecular flexibility index (Phi) is 6.15. The van der Waals surface area contributed by atoms with Crippen LogP contribution in [-0.2, 0) is 4.79 Å². The zero-order valence-corrected chi connectivity index (χ0v) is 13.4. The van der Waals surface area contributed by atoms with Gasteiger partial charge < -0.3 is 15.4 Å². The Balaban J connectivity index is 2.68. The summed E-state index contributed by atoms with van der Waals surface area (Å²) in [6.07, 6.45) is 0.920. The molecule has 106 valence electrons. The first kappa shape index (κ1) is 15.8. The maximum atomic E-state index is 11.9. The minimum Gasteiger partial charge on any atom is -0.497 e. The highest BCUT2D eigenvalue weighted by Crippen LogP contribution is 2.24. The molecule has 19 heavy (non-hydrogen) atoms. The van der Waals surface area contributed by atoms with Crippen LogP contribution in [0.25, 0.3) is 0 Å². The number of rotatable bonds is 6. The number of amides is 1. The number of benzene rings is 1. The summed E-state index contributed by atoms with van der Waals surface area (Å²) in [4.78, 5) is 11.9. The zero-order chi connectivity index (χ0) is 14.4. The number of carbonyl (C=O) groups excluding carboxylic acids is 1. The third-order valence-electron chi connectivity index (χ3n) is 2.88. The maximum Gasteiger partial charge on any atom is 0.242 e.